The van der Waals surface area contributed by atoms with Gasteiger partial charge in [-0.3, -0.25) is 24.3 Å². The molecule has 3 atom stereocenters. The standard InChI is InChI=1S/C36H40N4O4/c1-24-21-39(23-27-6-4-26(19-37)5-7-27)22-25(2)32(24)18-34(41)30-10-13-33(38-20-30)36(43)40-16-14-29(15-17-40)35(42)28-8-11-31(44-3)12-9-28/h4-13,20,24-25,29,32H,14-18,21-23H2,1-3H3/t24-,25+,32?. The normalized spacial score (nSPS) is 21.0. The van der Waals surface area contributed by atoms with E-state index in [0.717, 1.165) is 19.6 Å². The molecule has 3 aromatic rings. The van der Waals surface area contributed by atoms with Crippen molar-refractivity contribution in [3.8, 4) is 11.8 Å². The zero-order valence-corrected chi connectivity index (χ0v) is 25.7. The molecule has 0 radical (unpaired) electrons. The number of benzene rings is 2. The van der Waals surface area contributed by atoms with E-state index in [4.69, 9.17) is 10.00 Å². The molecular weight excluding hydrogens is 552 g/mol. The van der Waals surface area contributed by atoms with Crippen LogP contribution in [0, 0.1) is 35.0 Å². The van der Waals surface area contributed by atoms with Crippen LogP contribution >= 0.6 is 0 Å². The molecule has 5 rings (SSSR count). The Morgan fingerprint density at radius 2 is 1.55 bits per heavy atom. The maximum absolute atomic E-state index is 13.3. The number of ether oxygens (including phenoxy) is 1. The molecule has 0 saturated carbocycles. The molecule has 3 heterocycles. The lowest BCUT2D eigenvalue weighted by Crippen LogP contribution is -2.44. The number of Topliss-reactive ketones (excluding diaryl/α,β-unsaturated/α-hetero) is 2. The van der Waals surface area contributed by atoms with Gasteiger partial charge in [-0.15, -0.1) is 0 Å². The third-order valence-corrected chi connectivity index (χ3v) is 9.30. The molecule has 8 nitrogen and oxygen atoms in total. The summed E-state index contributed by atoms with van der Waals surface area (Å²) in [5.74, 6) is 1.56. The van der Waals surface area contributed by atoms with Crippen molar-refractivity contribution in [1.82, 2.24) is 14.8 Å². The molecule has 0 bridgehead atoms. The molecule has 44 heavy (non-hydrogen) atoms. The number of piperidine rings is 2. The predicted octanol–water partition coefficient (Wildman–Crippen LogP) is 5.67. The van der Waals surface area contributed by atoms with Gasteiger partial charge in [0.1, 0.15) is 11.4 Å². The van der Waals surface area contributed by atoms with E-state index < -0.39 is 0 Å². The number of ketones is 2. The summed E-state index contributed by atoms with van der Waals surface area (Å²) in [6, 6.07) is 20.4. The summed E-state index contributed by atoms with van der Waals surface area (Å²) in [5, 5.41) is 9.04. The Bertz CT molecular complexity index is 1490. The first-order valence-electron chi connectivity index (χ1n) is 15.4. The van der Waals surface area contributed by atoms with E-state index >= 15 is 0 Å². The van der Waals surface area contributed by atoms with Crippen LogP contribution in [0.2, 0.25) is 0 Å². The smallest absolute Gasteiger partial charge is 0.272 e. The number of hydrogen-bond acceptors (Lipinski definition) is 7. The fraction of sp³-hybridized carbons (Fsp3) is 0.417. The number of aromatic nitrogens is 1. The van der Waals surface area contributed by atoms with E-state index in [1.165, 1.54) is 11.8 Å². The number of pyridine rings is 1. The summed E-state index contributed by atoms with van der Waals surface area (Å²) in [4.78, 5) is 47.9. The zero-order valence-electron chi connectivity index (χ0n) is 25.7. The van der Waals surface area contributed by atoms with Gasteiger partial charge in [0, 0.05) is 62.4 Å². The fourth-order valence-corrected chi connectivity index (χ4v) is 6.71. The summed E-state index contributed by atoms with van der Waals surface area (Å²) in [6.45, 7) is 8.07. The number of carbonyl (C=O) groups is 3. The molecule has 1 amide bonds. The summed E-state index contributed by atoms with van der Waals surface area (Å²) in [6.07, 6.45) is 3.20. The second kappa shape index (κ2) is 14.0. The van der Waals surface area contributed by atoms with E-state index in [1.807, 2.05) is 24.3 Å². The maximum atomic E-state index is 13.3. The molecule has 0 N–H and O–H groups in total. The van der Waals surface area contributed by atoms with E-state index in [1.54, 1.807) is 48.4 Å². The van der Waals surface area contributed by atoms with E-state index in [-0.39, 0.29) is 29.3 Å². The van der Waals surface area contributed by atoms with Crippen LogP contribution in [0.25, 0.3) is 0 Å². The van der Waals surface area contributed by atoms with Crippen molar-refractivity contribution in [1.29, 1.82) is 5.26 Å². The lowest BCUT2D eigenvalue weighted by Gasteiger charge is -2.41. The molecule has 8 heteroatoms. The van der Waals surface area contributed by atoms with Crippen LogP contribution < -0.4 is 4.74 Å². The average molecular weight is 593 g/mol. The number of rotatable bonds is 9. The Kier molecular flexibility index (Phi) is 9.86. The Labute approximate surface area is 259 Å². The van der Waals surface area contributed by atoms with Gasteiger partial charge in [0.25, 0.3) is 5.91 Å². The van der Waals surface area contributed by atoms with Crippen molar-refractivity contribution in [2.45, 2.75) is 39.7 Å². The minimum Gasteiger partial charge on any atom is -0.497 e. The molecule has 1 aromatic heterocycles. The van der Waals surface area contributed by atoms with Gasteiger partial charge in [-0.25, -0.2) is 0 Å². The van der Waals surface area contributed by atoms with Crippen molar-refractivity contribution in [3.63, 3.8) is 0 Å². The van der Waals surface area contributed by atoms with E-state index in [2.05, 4.69) is 29.8 Å². The van der Waals surface area contributed by atoms with Gasteiger partial charge in [0.15, 0.2) is 11.6 Å². The highest BCUT2D eigenvalue weighted by Crippen LogP contribution is 2.33. The van der Waals surface area contributed by atoms with Crippen molar-refractivity contribution in [3.05, 3.63) is 94.8 Å². The van der Waals surface area contributed by atoms with Crippen LogP contribution in [0.4, 0.5) is 0 Å². The number of carbonyl (C=O) groups excluding carboxylic acids is 3. The molecule has 0 aliphatic carbocycles. The van der Waals surface area contributed by atoms with Crippen LogP contribution in [0.1, 0.15) is 75.4 Å². The second-order valence-corrected chi connectivity index (χ2v) is 12.3. The zero-order chi connectivity index (χ0) is 31.2. The fourth-order valence-electron chi connectivity index (χ4n) is 6.71. The summed E-state index contributed by atoms with van der Waals surface area (Å²) in [7, 11) is 1.59. The molecular formula is C36H40N4O4. The summed E-state index contributed by atoms with van der Waals surface area (Å²) < 4.78 is 5.18. The topological polar surface area (TPSA) is 104 Å². The number of nitrogens with zero attached hydrogens (tertiary/aromatic N) is 4. The van der Waals surface area contributed by atoms with Gasteiger partial charge >= 0.3 is 0 Å². The van der Waals surface area contributed by atoms with Gasteiger partial charge in [-0.05, 0) is 84.7 Å². The minimum atomic E-state index is -0.170. The average Bonchev–Trinajstić information content (AvgIpc) is 3.06. The van der Waals surface area contributed by atoms with Crippen LogP contribution in [-0.4, -0.2) is 65.5 Å². The Morgan fingerprint density at radius 1 is 0.909 bits per heavy atom. The van der Waals surface area contributed by atoms with Crippen molar-refractivity contribution in [2.75, 3.05) is 33.3 Å². The molecule has 2 saturated heterocycles. The molecule has 2 aliphatic rings. The first-order valence-corrected chi connectivity index (χ1v) is 15.4. The highest BCUT2D eigenvalue weighted by Gasteiger charge is 2.34. The molecule has 2 fully saturated rings. The lowest BCUT2D eigenvalue weighted by atomic mass is 9.76. The first kappa shape index (κ1) is 31.1. The molecule has 228 valence electrons. The Morgan fingerprint density at radius 3 is 2.11 bits per heavy atom. The van der Waals surface area contributed by atoms with Crippen molar-refractivity contribution >= 4 is 17.5 Å². The first-order chi connectivity index (χ1) is 21.2. The highest BCUT2D eigenvalue weighted by molar-refractivity contribution is 5.99. The Balaban J connectivity index is 1.11. The number of methoxy groups -OCH3 is 1. The number of hydrogen-bond donors (Lipinski definition) is 0. The largest absolute Gasteiger partial charge is 0.497 e. The molecule has 2 aliphatic heterocycles. The third-order valence-electron chi connectivity index (χ3n) is 9.30. The molecule has 0 spiro atoms. The van der Waals surface area contributed by atoms with Gasteiger partial charge in [0.2, 0.25) is 0 Å². The molecule has 1 unspecified atom stereocenters. The Hall–Kier alpha value is -4.35. The SMILES string of the molecule is COc1ccc(C(=O)C2CCN(C(=O)c3ccc(C(=O)CC4[C@H](C)CN(Cc5ccc(C#N)cc5)C[C@@H]4C)cn3)CC2)cc1. The van der Waals surface area contributed by atoms with Crippen molar-refractivity contribution in [2.24, 2.45) is 23.7 Å². The minimum absolute atomic E-state index is 0.0543. The monoisotopic (exact) mass is 592 g/mol. The lowest BCUT2D eigenvalue weighted by molar-refractivity contribution is 0.0601. The quantitative estimate of drug-likeness (QED) is 0.295. The van der Waals surface area contributed by atoms with Gasteiger partial charge < -0.3 is 9.64 Å². The second-order valence-electron chi connectivity index (χ2n) is 12.3. The van der Waals surface area contributed by atoms with Crippen LogP contribution in [-0.2, 0) is 6.54 Å². The highest BCUT2D eigenvalue weighted by atomic mass is 16.5. The van der Waals surface area contributed by atoms with Gasteiger partial charge in [0.05, 0.1) is 18.7 Å². The number of nitriles is 1. The third kappa shape index (κ3) is 7.23. The van der Waals surface area contributed by atoms with Crippen molar-refractivity contribution < 1.29 is 19.1 Å². The summed E-state index contributed by atoms with van der Waals surface area (Å²) in [5.41, 5.74) is 3.36. The van der Waals surface area contributed by atoms with Gasteiger partial charge in [-0.2, -0.15) is 5.26 Å². The van der Waals surface area contributed by atoms with Crippen LogP contribution in [0.3, 0.4) is 0 Å². The number of likely N-dealkylation sites (tertiary alicyclic amines) is 2. The predicted molar refractivity (Wildman–Crippen MR) is 167 cm³/mol. The van der Waals surface area contributed by atoms with Gasteiger partial charge in [-0.1, -0.05) is 26.0 Å². The summed E-state index contributed by atoms with van der Waals surface area (Å²) >= 11 is 0. The van der Waals surface area contributed by atoms with Crippen LogP contribution in [0.5, 0.6) is 5.75 Å². The van der Waals surface area contributed by atoms with Crippen LogP contribution in [0.15, 0.2) is 66.9 Å². The molecule has 2 aromatic carbocycles. The maximum Gasteiger partial charge on any atom is 0.272 e. The van der Waals surface area contributed by atoms with E-state index in [9.17, 15) is 14.4 Å². The van der Waals surface area contributed by atoms with E-state index in [0.29, 0.717) is 72.3 Å². The number of amides is 1.